The standard InChI is InChI=1S/C7H8S.C6H6.Cr/c1-8-7-5-3-2-4-6-7;1-2-4-6-5-3-1;/h2-6H,1H3;1-6H;. The molecule has 0 heterocycles. The smallest absolute Gasteiger partial charge is 0.00691 e. The van der Waals surface area contributed by atoms with Gasteiger partial charge in [0.25, 0.3) is 0 Å². The Balaban J connectivity index is 0.000000253. The second-order valence-electron chi connectivity index (χ2n) is 2.67. The van der Waals surface area contributed by atoms with Crippen molar-refractivity contribution in [3.05, 3.63) is 66.7 Å². The molecule has 0 radical (unpaired) electrons. The molecule has 0 amide bonds. The molecule has 2 aromatic rings. The maximum Gasteiger partial charge on any atom is 0.00691 e. The topological polar surface area (TPSA) is 0 Å². The van der Waals surface area contributed by atoms with Gasteiger partial charge in [-0.1, -0.05) is 54.6 Å². The molecular weight excluding hydrogens is 240 g/mol. The van der Waals surface area contributed by atoms with Crippen LogP contribution in [0.15, 0.2) is 71.6 Å². The molecule has 0 fully saturated rings. The van der Waals surface area contributed by atoms with Crippen molar-refractivity contribution in [1.82, 2.24) is 0 Å². The van der Waals surface area contributed by atoms with Gasteiger partial charge >= 0.3 is 0 Å². The molecule has 0 aliphatic heterocycles. The third kappa shape index (κ3) is 7.27. The third-order valence-corrected chi connectivity index (χ3v) is 2.39. The van der Waals surface area contributed by atoms with Crippen LogP contribution in [0.3, 0.4) is 0 Å². The van der Waals surface area contributed by atoms with Crippen LogP contribution in [0, 0.1) is 0 Å². The van der Waals surface area contributed by atoms with E-state index in [1.165, 1.54) is 4.90 Å². The van der Waals surface area contributed by atoms with Crippen LogP contribution in [0.2, 0.25) is 0 Å². The minimum absolute atomic E-state index is 0. The molecule has 0 saturated heterocycles. The van der Waals surface area contributed by atoms with Crippen molar-refractivity contribution in [2.24, 2.45) is 0 Å². The van der Waals surface area contributed by atoms with Crippen LogP contribution >= 0.6 is 11.8 Å². The summed E-state index contributed by atoms with van der Waals surface area (Å²) in [4.78, 5) is 1.33. The monoisotopic (exact) mass is 254 g/mol. The zero-order valence-corrected chi connectivity index (χ0v) is 10.8. The molecule has 15 heavy (non-hydrogen) atoms. The molecular formula is C13H14CrS. The van der Waals surface area contributed by atoms with Crippen LogP contribution in [-0.2, 0) is 17.4 Å². The van der Waals surface area contributed by atoms with Gasteiger partial charge in [-0.3, -0.25) is 0 Å². The molecule has 0 N–H and O–H groups in total. The van der Waals surface area contributed by atoms with Crippen LogP contribution in [-0.4, -0.2) is 6.26 Å². The summed E-state index contributed by atoms with van der Waals surface area (Å²) in [5, 5.41) is 0. The van der Waals surface area contributed by atoms with E-state index < -0.39 is 0 Å². The second-order valence-corrected chi connectivity index (χ2v) is 3.55. The van der Waals surface area contributed by atoms with Gasteiger partial charge in [0.2, 0.25) is 0 Å². The van der Waals surface area contributed by atoms with E-state index in [1.807, 2.05) is 54.6 Å². The van der Waals surface area contributed by atoms with Gasteiger partial charge in [0.1, 0.15) is 0 Å². The molecule has 2 heteroatoms. The summed E-state index contributed by atoms with van der Waals surface area (Å²) in [6.07, 6.45) is 2.08. The van der Waals surface area contributed by atoms with Crippen LogP contribution in [0.25, 0.3) is 0 Å². The van der Waals surface area contributed by atoms with E-state index in [4.69, 9.17) is 0 Å². The molecule has 0 unspecified atom stereocenters. The fraction of sp³-hybridized carbons (Fsp3) is 0.0769. The van der Waals surface area contributed by atoms with Crippen molar-refractivity contribution in [1.29, 1.82) is 0 Å². The molecule has 0 aliphatic carbocycles. The van der Waals surface area contributed by atoms with Crippen LogP contribution in [0.4, 0.5) is 0 Å². The van der Waals surface area contributed by atoms with Crippen molar-refractivity contribution >= 4 is 11.8 Å². The second kappa shape index (κ2) is 9.86. The van der Waals surface area contributed by atoms with Gasteiger partial charge < -0.3 is 0 Å². The Bertz CT molecular complexity index is 294. The number of hydrogen-bond acceptors (Lipinski definition) is 1. The predicted molar refractivity (Wildman–Crippen MR) is 64.7 cm³/mol. The van der Waals surface area contributed by atoms with E-state index in [1.54, 1.807) is 11.8 Å². The summed E-state index contributed by atoms with van der Waals surface area (Å²) >= 11 is 1.77. The molecule has 78 valence electrons. The average molecular weight is 254 g/mol. The maximum absolute atomic E-state index is 2.10. The Morgan fingerprint density at radius 2 is 1.00 bits per heavy atom. The van der Waals surface area contributed by atoms with Gasteiger partial charge in [0, 0.05) is 22.3 Å². The molecule has 0 atom stereocenters. The summed E-state index contributed by atoms with van der Waals surface area (Å²) in [5.74, 6) is 0. The van der Waals surface area contributed by atoms with E-state index in [2.05, 4.69) is 18.4 Å². The number of thioether (sulfide) groups is 1. The predicted octanol–water partition coefficient (Wildman–Crippen LogP) is 4.09. The van der Waals surface area contributed by atoms with Crippen molar-refractivity contribution in [3.8, 4) is 0 Å². The molecule has 0 spiro atoms. The van der Waals surface area contributed by atoms with E-state index in [-0.39, 0.29) is 17.4 Å². The molecule has 2 rings (SSSR count). The summed E-state index contributed by atoms with van der Waals surface area (Å²) in [7, 11) is 0. The first-order valence-electron chi connectivity index (χ1n) is 4.52. The van der Waals surface area contributed by atoms with Crippen molar-refractivity contribution < 1.29 is 17.4 Å². The first-order chi connectivity index (χ1) is 6.93. The Hall–Kier alpha value is -0.678. The molecule has 0 bridgehead atoms. The summed E-state index contributed by atoms with van der Waals surface area (Å²) < 4.78 is 0. The van der Waals surface area contributed by atoms with Gasteiger partial charge in [0.05, 0.1) is 0 Å². The van der Waals surface area contributed by atoms with E-state index in [9.17, 15) is 0 Å². The summed E-state index contributed by atoms with van der Waals surface area (Å²) in [6.45, 7) is 0. The van der Waals surface area contributed by atoms with E-state index in [0.717, 1.165) is 0 Å². The number of hydrogen-bond donors (Lipinski definition) is 0. The first kappa shape index (κ1) is 14.3. The number of rotatable bonds is 1. The van der Waals surface area contributed by atoms with Crippen LogP contribution in [0.1, 0.15) is 0 Å². The SMILES string of the molecule is CSc1ccccc1.[Cr].c1ccccc1. The molecule has 0 nitrogen and oxygen atoms in total. The van der Waals surface area contributed by atoms with Crippen LogP contribution < -0.4 is 0 Å². The zero-order valence-electron chi connectivity index (χ0n) is 8.67. The van der Waals surface area contributed by atoms with Gasteiger partial charge in [-0.2, -0.15) is 0 Å². The fourth-order valence-corrected chi connectivity index (χ4v) is 1.37. The van der Waals surface area contributed by atoms with Gasteiger partial charge in [-0.15, -0.1) is 11.8 Å². The van der Waals surface area contributed by atoms with Gasteiger partial charge in [0.15, 0.2) is 0 Å². The molecule has 0 saturated carbocycles. The Labute approximate surface area is 107 Å². The van der Waals surface area contributed by atoms with Crippen molar-refractivity contribution in [2.45, 2.75) is 4.90 Å². The Morgan fingerprint density at radius 1 is 0.667 bits per heavy atom. The van der Waals surface area contributed by atoms with Crippen molar-refractivity contribution in [3.63, 3.8) is 0 Å². The minimum Gasteiger partial charge on any atom is -0.130 e. The fourth-order valence-electron chi connectivity index (χ4n) is 0.941. The molecule has 2 aromatic carbocycles. The third-order valence-electron chi connectivity index (χ3n) is 1.65. The van der Waals surface area contributed by atoms with E-state index in [0.29, 0.717) is 0 Å². The Kier molecular flexibility index (Phi) is 9.42. The molecule has 0 aliphatic rings. The summed E-state index contributed by atoms with van der Waals surface area (Å²) in [6, 6.07) is 22.3. The Morgan fingerprint density at radius 3 is 1.27 bits per heavy atom. The van der Waals surface area contributed by atoms with Gasteiger partial charge in [-0.25, -0.2) is 0 Å². The molecule has 0 aromatic heterocycles. The largest absolute Gasteiger partial charge is 0.130 e. The minimum atomic E-state index is 0. The van der Waals surface area contributed by atoms with Gasteiger partial charge in [-0.05, 0) is 18.4 Å². The maximum atomic E-state index is 2.10. The normalized spacial score (nSPS) is 8.07. The average Bonchev–Trinajstić information content (AvgIpc) is 2.33. The summed E-state index contributed by atoms with van der Waals surface area (Å²) in [5.41, 5.74) is 0. The number of benzene rings is 2. The van der Waals surface area contributed by atoms with E-state index >= 15 is 0 Å². The zero-order chi connectivity index (χ0) is 10.1. The van der Waals surface area contributed by atoms with Crippen LogP contribution in [0.5, 0.6) is 0 Å². The first-order valence-corrected chi connectivity index (χ1v) is 5.75. The quantitative estimate of drug-likeness (QED) is 0.691. The van der Waals surface area contributed by atoms with Crippen molar-refractivity contribution in [2.75, 3.05) is 6.26 Å².